The van der Waals surface area contributed by atoms with Gasteiger partial charge in [0, 0.05) is 10.8 Å². The summed E-state index contributed by atoms with van der Waals surface area (Å²) >= 11 is 7.37. The Morgan fingerprint density at radius 2 is 2.00 bits per heavy atom. The molecule has 6 heteroatoms. The van der Waals surface area contributed by atoms with E-state index in [-0.39, 0.29) is 0 Å². The van der Waals surface area contributed by atoms with Crippen molar-refractivity contribution in [3.05, 3.63) is 41.2 Å². The van der Waals surface area contributed by atoms with E-state index < -0.39 is 0 Å². The standard InChI is InChI=1S/C12H12ClN3OS/c1-17-11-10(14)12(16-7-15-11)18-6-8-2-4-9(13)5-3-8/h2-5,7H,6,14H2,1H3. The molecule has 0 amide bonds. The molecule has 18 heavy (non-hydrogen) atoms. The Kier molecular flexibility index (Phi) is 4.28. The van der Waals surface area contributed by atoms with E-state index >= 15 is 0 Å². The maximum absolute atomic E-state index is 5.89. The van der Waals surface area contributed by atoms with E-state index in [9.17, 15) is 0 Å². The number of nitrogens with two attached hydrogens (primary N) is 1. The number of hydrogen-bond acceptors (Lipinski definition) is 5. The van der Waals surface area contributed by atoms with Crippen LogP contribution in [0.25, 0.3) is 0 Å². The maximum atomic E-state index is 5.89. The third-order valence-corrected chi connectivity index (χ3v) is 3.62. The molecule has 1 aromatic heterocycles. The lowest BCUT2D eigenvalue weighted by atomic mass is 10.2. The fourth-order valence-electron chi connectivity index (χ4n) is 1.37. The Bertz CT molecular complexity index is 533. The van der Waals surface area contributed by atoms with Gasteiger partial charge in [-0.25, -0.2) is 4.98 Å². The van der Waals surface area contributed by atoms with Gasteiger partial charge < -0.3 is 10.5 Å². The molecule has 0 saturated carbocycles. The molecule has 2 aromatic rings. The summed E-state index contributed by atoms with van der Waals surface area (Å²) < 4.78 is 5.05. The van der Waals surface area contributed by atoms with Crippen LogP contribution in [0, 0.1) is 0 Å². The van der Waals surface area contributed by atoms with Crippen LogP contribution in [0.15, 0.2) is 35.6 Å². The molecule has 0 fully saturated rings. The first-order valence-corrected chi connectivity index (χ1v) is 6.58. The van der Waals surface area contributed by atoms with Crippen LogP contribution in [0.5, 0.6) is 5.88 Å². The summed E-state index contributed by atoms with van der Waals surface area (Å²) in [5.74, 6) is 1.17. The summed E-state index contributed by atoms with van der Waals surface area (Å²) in [4.78, 5) is 8.08. The van der Waals surface area contributed by atoms with Crippen molar-refractivity contribution >= 4 is 29.1 Å². The molecule has 4 nitrogen and oxygen atoms in total. The Morgan fingerprint density at radius 1 is 1.28 bits per heavy atom. The van der Waals surface area contributed by atoms with E-state index in [2.05, 4.69) is 9.97 Å². The zero-order valence-corrected chi connectivity index (χ0v) is 11.3. The number of halogens is 1. The Balaban J connectivity index is 2.08. The van der Waals surface area contributed by atoms with Gasteiger partial charge in [0.2, 0.25) is 5.88 Å². The highest BCUT2D eigenvalue weighted by Crippen LogP contribution is 2.30. The van der Waals surface area contributed by atoms with Crippen LogP contribution in [-0.4, -0.2) is 17.1 Å². The van der Waals surface area contributed by atoms with E-state index in [1.807, 2.05) is 24.3 Å². The number of thioether (sulfide) groups is 1. The number of methoxy groups -OCH3 is 1. The number of aromatic nitrogens is 2. The van der Waals surface area contributed by atoms with Crippen molar-refractivity contribution in [2.75, 3.05) is 12.8 Å². The average Bonchev–Trinajstić information content (AvgIpc) is 2.39. The first kappa shape index (κ1) is 13.0. The quantitative estimate of drug-likeness (QED) is 0.689. The SMILES string of the molecule is COc1ncnc(SCc2ccc(Cl)cc2)c1N. The first-order chi connectivity index (χ1) is 8.70. The molecule has 0 bridgehead atoms. The molecule has 0 radical (unpaired) electrons. The largest absolute Gasteiger partial charge is 0.479 e. The van der Waals surface area contributed by atoms with Crippen LogP contribution in [0.2, 0.25) is 5.02 Å². The highest BCUT2D eigenvalue weighted by Gasteiger charge is 2.08. The fourth-order valence-corrected chi connectivity index (χ4v) is 2.36. The summed E-state index contributed by atoms with van der Waals surface area (Å²) in [5, 5.41) is 1.45. The minimum Gasteiger partial charge on any atom is -0.479 e. The molecule has 0 atom stereocenters. The molecule has 94 valence electrons. The van der Waals surface area contributed by atoms with Crippen molar-refractivity contribution in [1.82, 2.24) is 9.97 Å². The van der Waals surface area contributed by atoms with Gasteiger partial charge in [-0.2, -0.15) is 4.98 Å². The fraction of sp³-hybridized carbons (Fsp3) is 0.167. The summed E-state index contributed by atoms with van der Waals surface area (Å²) in [5.41, 5.74) is 7.52. The molecule has 0 saturated heterocycles. The molecule has 0 aliphatic carbocycles. The third-order valence-electron chi connectivity index (χ3n) is 2.29. The number of ether oxygens (including phenoxy) is 1. The average molecular weight is 282 g/mol. The number of nitrogens with zero attached hydrogens (tertiary/aromatic N) is 2. The highest BCUT2D eigenvalue weighted by molar-refractivity contribution is 7.98. The molecular weight excluding hydrogens is 270 g/mol. The lowest BCUT2D eigenvalue weighted by Gasteiger charge is -2.07. The maximum Gasteiger partial charge on any atom is 0.241 e. The smallest absolute Gasteiger partial charge is 0.241 e. The lowest BCUT2D eigenvalue weighted by Crippen LogP contribution is -1.99. The lowest BCUT2D eigenvalue weighted by molar-refractivity contribution is 0.397. The zero-order valence-electron chi connectivity index (χ0n) is 9.76. The molecule has 0 aliphatic heterocycles. The van der Waals surface area contributed by atoms with Crippen molar-refractivity contribution in [3.8, 4) is 5.88 Å². The predicted molar refractivity (Wildman–Crippen MR) is 74.0 cm³/mol. The van der Waals surface area contributed by atoms with Gasteiger partial charge in [0.05, 0.1) is 7.11 Å². The van der Waals surface area contributed by atoms with E-state index in [0.29, 0.717) is 11.6 Å². The zero-order chi connectivity index (χ0) is 13.0. The Morgan fingerprint density at radius 3 is 2.67 bits per heavy atom. The van der Waals surface area contributed by atoms with Crippen molar-refractivity contribution in [1.29, 1.82) is 0 Å². The van der Waals surface area contributed by atoms with E-state index in [1.54, 1.807) is 0 Å². The van der Waals surface area contributed by atoms with E-state index in [4.69, 9.17) is 22.1 Å². The van der Waals surface area contributed by atoms with Gasteiger partial charge in [0.15, 0.2) is 0 Å². The number of rotatable bonds is 4. The van der Waals surface area contributed by atoms with Gasteiger partial charge in [-0.15, -0.1) is 0 Å². The van der Waals surface area contributed by atoms with E-state index in [0.717, 1.165) is 21.4 Å². The molecule has 0 unspecified atom stereocenters. The van der Waals surface area contributed by atoms with Crippen LogP contribution in [0.4, 0.5) is 5.69 Å². The number of nitrogen functional groups attached to an aromatic ring is 1. The van der Waals surface area contributed by atoms with Crippen molar-refractivity contribution in [2.24, 2.45) is 0 Å². The monoisotopic (exact) mass is 281 g/mol. The Labute approximate surface area is 115 Å². The van der Waals surface area contributed by atoms with Crippen LogP contribution in [0.1, 0.15) is 5.56 Å². The molecule has 1 heterocycles. The van der Waals surface area contributed by atoms with Gasteiger partial charge in [-0.05, 0) is 17.7 Å². The number of hydrogen-bond donors (Lipinski definition) is 1. The van der Waals surface area contributed by atoms with Gasteiger partial charge in [-0.3, -0.25) is 0 Å². The van der Waals surface area contributed by atoms with Crippen LogP contribution in [-0.2, 0) is 5.75 Å². The second-order valence-electron chi connectivity index (χ2n) is 3.52. The Hall–Kier alpha value is -1.46. The van der Waals surface area contributed by atoms with Crippen molar-refractivity contribution in [2.45, 2.75) is 10.8 Å². The molecule has 2 N–H and O–H groups in total. The second-order valence-corrected chi connectivity index (χ2v) is 4.92. The highest BCUT2D eigenvalue weighted by atomic mass is 35.5. The van der Waals surface area contributed by atoms with Crippen LogP contribution < -0.4 is 10.5 Å². The van der Waals surface area contributed by atoms with Crippen molar-refractivity contribution < 1.29 is 4.74 Å². The van der Waals surface area contributed by atoms with Crippen LogP contribution in [0.3, 0.4) is 0 Å². The minimum atomic E-state index is 0.406. The second kappa shape index (κ2) is 5.93. The van der Waals surface area contributed by atoms with Gasteiger partial charge in [-0.1, -0.05) is 35.5 Å². The van der Waals surface area contributed by atoms with Gasteiger partial charge in [0.1, 0.15) is 17.0 Å². The molecule has 0 spiro atoms. The number of benzene rings is 1. The van der Waals surface area contributed by atoms with Gasteiger partial charge >= 0.3 is 0 Å². The molecule has 2 rings (SSSR count). The normalized spacial score (nSPS) is 10.3. The number of anilines is 1. The topological polar surface area (TPSA) is 61.0 Å². The molecule has 0 aliphatic rings. The predicted octanol–water partition coefficient (Wildman–Crippen LogP) is 3.01. The first-order valence-electron chi connectivity index (χ1n) is 5.22. The summed E-state index contributed by atoms with van der Waals surface area (Å²) in [7, 11) is 1.53. The molecular formula is C12H12ClN3OS. The van der Waals surface area contributed by atoms with Crippen molar-refractivity contribution in [3.63, 3.8) is 0 Å². The molecule has 1 aromatic carbocycles. The summed E-state index contributed by atoms with van der Waals surface area (Å²) in [6, 6.07) is 7.68. The summed E-state index contributed by atoms with van der Waals surface area (Å²) in [6.07, 6.45) is 1.44. The van der Waals surface area contributed by atoms with Gasteiger partial charge in [0.25, 0.3) is 0 Å². The van der Waals surface area contributed by atoms with E-state index in [1.165, 1.54) is 25.2 Å². The summed E-state index contributed by atoms with van der Waals surface area (Å²) in [6.45, 7) is 0. The minimum absolute atomic E-state index is 0.406. The van der Waals surface area contributed by atoms with Crippen LogP contribution >= 0.6 is 23.4 Å². The third kappa shape index (κ3) is 3.05.